The van der Waals surface area contributed by atoms with Crippen LogP contribution in [0.5, 0.6) is 5.75 Å². The molecule has 0 N–H and O–H groups in total. The Bertz CT molecular complexity index is 853. The molecule has 2 aromatic carbocycles. The molecule has 0 saturated heterocycles. The number of aromatic nitrogens is 2. The number of hydrogen-bond acceptors (Lipinski definition) is 4. The Kier molecular flexibility index (Phi) is 4.51. The van der Waals surface area contributed by atoms with Crippen LogP contribution in [0.15, 0.2) is 48.5 Å². The maximum atomic E-state index is 11.1. The number of methoxy groups -OCH3 is 1. The predicted octanol–water partition coefficient (Wildman–Crippen LogP) is 2.02. The van der Waals surface area contributed by atoms with Gasteiger partial charge in [-0.15, -0.1) is 0 Å². The lowest BCUT2D eigenvalue weighted by Gasteiger charge is -2.16. The molecule has 0 saturated carbocycles. The molecule has 0 aliphatic carbocycles. The van der Waals surface area contributed by atoms with E-state index in [0.717, 1.165) is 28.2 Å². The van der Waals surface area contributed by atoms with Crippen molar-refractivity contribution >= 4 is 17.0 Å². The molecule has 5 nitrogen and oxygen atoms in total. The molecule has 1 atom stereocenters. The summed E-state index contributed by atoms with van der Waals surface area (Å²) in [7, 11) is 1.63. The van der Waals surface area contributed by atoms with Crippen molar-refractivity contribution in [1.82, 2.24) is 9.55 Å². The van der Waals surface area contributed by atoms with Gasteiger partial charge in [-0.25, -0.2) is 4.98 Å². The summed E-state index contributed by atoms with van der Waals surface area (Å²) in [5.74, 6) is 0.00713. The number of aliphatic carboxylic acids is 1. The zero-order chi connectivity index (χ0) is 17.1. The zero-order valence-electron chi connectivity index (χ0n) is 13.7. The summed E-state index contributed by atoms with van der Waals surface area (Å²) in [5.41, 5.74) is 2.90. The topological polar surface area (TPSA) is 67.2 Å². The number of carboxylic acid groups (broad SMARTS) is 1. The van der Waals surface area contributed by atoms with Crippen molar-refractivity contribution in [2.24, 2.45) is 5.92 Å². The molecule has 0 fully saturated rings. The number of benzene rings is 2. The fourth-order valence-electron chi connectivity index (χ4n) is 2.74. The van der Waals surface area contributed by atoms with Crippen molar-refractivity contribution in [3.05, 3.63) is 59.9 Å². The summed E-state index contributed by atoms with van der Waals surface area (Å²) in [4.78, 5) is 15.8. The highest BCUT2D eigenvalue weighted by Crippen LogP contribution is 2.21. The lowest BCUT2D eigenvalue weighted by Crippen LogP contribution is -2.32. The van der Waals surface area contributed by atoms with Crippen molar-refractivity contribution in [3.8, 4) is 5.75 Å². The molecule has 0 bridgehead atoms. The van der Waals surface area contributed by atoms with Crippen LogP contribution in [0.1, 0.15) is 18.3 Å². The summed E-state index contributed by atoms with van der Waals surface area (Å²) in [5, 5.41) is 11.1. The molecule has 0 aliphatic rings. The Morgan fingerprint density at radius 1 is 1.21 bits per heavy atom. The number of ether oxygens (including phenoxy) is 1. The van der Waals surface area contributed by atoms with E-state index in [-0.39, 0.29) is 0 Å². The molecule has 1 aromatic heterocycles. The van der Waals surface area contributed by atoms with Crippen molar-refractivity contribution in [2.75, 3.05) is 7.11 Å². The third-order valence-electron chi connectivity index (χ3n) is 4.11. The number of carboxylic acids is 1. The minimum absolute atomic E-state index is 0.342. The molecule has 1 heterocycles. The Morgan fingerprint density at radius 3 is 2.58 bits per heavy atom. The number of fused-ring (bicyclic) bond motifs is 1. The van der Waals surface area contributed by atoms with Gasteiger partial charge in [0.05, 0.1) is 18.1 Å². The van der Waals surface area contributed by atoms with Gasteiger partial charge >= 0.3 is 0 Å². The Balaban J connectivity index is 1.97. The third-order valence-corrected chi connectivity index (χ3v) is 4.11. The fourth-order valence-corrected chi connectivity index (χ4v) is 2.74. The van der Waals surface area contributed by atoms with Gasteiger partial charge in [-0.1, -0.05) is 31.2 Å². The first-order valence-electron chi connectivity index (χ1n) is 7.86. The van der Waals surface area contributed by atoms with Gasteiger partial charge < -0.3 is 19.2 Å². The van der Waals surface area contributed by atoms with E-state index in [0.29, 0.717) is 13.0 Å². The molecule has 0 spiro atoms. The first-order valence-corrected chi connectivity index (χ1v) is 7.86. The molecular formula is C19H19N2O3-. The number of imidazole rings is 1. The van der Waals surface area contributed by atoms with Gasteiger partial charge in [-0.05, 0) is 29.8 Å². The molecule has 0 amide bonds. The molecule has 3 aromatic rings. The summed E-state index contributed by atoms with van der Waals surface area (Å²) < 4.78 is 7.15. The number of carbonyl (C=O) groups is 1. The van der Waals surface area contributed by atoms with Gasteiger partial charge in [-0.3, -0.25) is 0 Å². The highest BCUT2D eigenvalue weighted by molar-refractivity contribution is 5.76. The second-order valence-electron chi connectivity index (χ2n) is 5.87. The molecule has 124 valence electrons. The zero-order valence-corrected chi connectivity index (χ0v) is 13.7. The highest BCUT2D eigenvalue weighted by Gasteiger charge is 2.14. The second kappa shape index (κ2) is 6.74. The molecule has 0 radical (unpaired) electrons. The molecular weight excluding hydrogens is 304 g/mol. The van der Waals surface area contributed by atoms with Gasteiger partial charge in [0, 0.05) is 24.9 Å². The number of nitrogens with zero attached hydrogens (tertiary/aromatic N) is 2. The molecule has 0 aliphatic heterocycles. The Morgan fingerprint density at radius 2 is 1.92 bits per heavy atom. The largest absolute Gasteiger partial charge is 0.550 e. The van der Waals surface area contributed by atoms with Crippen LogP contribution in [0.25, 0.3) is 11.0 Å². The Hall–Kier alpha value is -2.82. The van der Waals surface area contributed by atoms with Gasteiger partial charge in [0.2, 0.25) is 0 Å². The van der Waals surface area contributed by atoms with E-state index < -0.39 is 11.9 Å². The van der Waals surface area contributed by atoms with Crippen molar-refractivity contribution in [2.45, 2.75) is 19.9 Å². The second-order valence-corrected chi connectivity index (χ2v) is 5.87. The number of carbonyl (C=O) groups excluding carboxylic acids is 1. The van der Waals surface area contributed by atoms with E-state index in [2.05, 4.69) is 4.98 Å². The number of hydrogen-bond donors (Lipinski definition) is 0. The molecule has 3 rings (SSSR count). The van der Waals surface area contributed by atoms with Gasteiger partial charge in [0.1, 0.15) is 11.6 Å². The summed E-state index contributed by atoms with van der Waals surface area (Å²) in [6.07, 6.45) is 0.623. The quantitative estimate of drug-likeness (QED) is 0.696. The van der Waals surface area contributed by atoms with E-state index in [1.165, 1.54) is 0 Å². The summed E-state index contributed by atoms with van der Waals surface area (Å²) in [6, 6.07) is 15.6. The van der Waals surface area contributed by atoms with Crippen molar-refractivity contribution in [3.63, 3.8) is 0 Å². The lowest BCUT2D eigenvalue weighted by atomic mass is 10.1. The first-order chi connectivity index (χ1) is 11.6. The van der Waals surface area contributed by atoms with Crippen LogP contribution in [0.3, 0.4) is 0 Å². The maximum absolute atomic E-state index is 11.1. The van der Waals surface area contributed by atoms with E-state index >= 15 is 0 Å². The van der Waals surface area contributed by atoms with Crippen LogP contribution in [0, 0.1) is 5.92 Å². The summed E-state index contributed by atoms with van der Waals surface area (Å²) in [6.45, 7) is 2.00. The van der Waals surface area contributed by atoms with Gasteiger partial charge in [0.15, 0.2) is 0 Å². The molecule has 24 heavy (non-hydrogen) atoms. The monoisotopic (exact) mass is 323 g/mol. The highest BCUT2D eigenvalue weighted by atomic mass is 16.5. The van der Waals surface area contributed by atoms with Crippen molar-refractivity contribution < 1.29 is 14.6 Å². The van der Waals surface area contributed by atoms with Crippen molar-refractivity contribution in [1.29, 1.82) is 0 Å². The fraction of sp³-hybridized carbons (Fsp3) is 0.263. The average Bonchev–Trinajstić information content (AvgIpc) is 2.93. The minimum atomic E-state index is -1.05. The molecule has 0 unspecified atom stereocenters. The van der Waals surface area contributed by atoms with E-state index in [9.17, 15) is 9.90 Å². The van der Waals surface area contributed by atoms with E-state index in [1.807, 2.05) is 53.1 Å². The third kappa shape index (κ3) is 3.25. The van der Waals surface area contributed by atoms with E-state index in [1.54, 1.807) is 14.0 Å². The van der Waals surface area contributed by atoms with Crippen LogP contribution in [0.4, 0.5) is 0 Å². The maximum Gasteiger partial charge on any atom is 0.118 e. The normalized spacial score (nSPS) is 12.2. The predicted molar refractivity (Wildman–Crippen MR) is 89.7 cm³/mol. The number of rotatable bonds is 6. The first kappa shape index (κ1) is 16.1. The SMILES string of the molecule is COc1ccc(Cc2nc3ccccc3n2C[C@H](C)C(=O)[O-])cc1. The number of para-hydroxylation sites is 2. The van der Waals surface area contributed by atoms with Crippen LogP contribution in [0.2, 0.25) is 0 Å². The van der Waals surface area contributed by atoms with Gasteiger partial charge in [-0.2, -0.15) is 0 Å². The lowest BCUT2D eigenvalue weighted by molar-refractivity contribution is -0.311. The van der Waals surface area contributed by atoms with E-state index in [4.69, 9.17) is 4.74 Å². The minimum Gasteiger partial charge on any atom is -0.550 e. The van der Waals surface area contributed by atoms with Crippen LogP contribution in [-0.2, 0) is 17.8 Å². The van der Waals surface area contributed by atoms with Gasteiger partial charge in [0.25, 0.3) is 0 Å². The summed E-state index contributed by atoms with van der Waals surface area (Å²) >= 11 is 0. The standard InChI is InChI=1S/C19H20N2O3/c1-13(19(22)23)12-21-17-6-4-3-5-16(17)20-18(21)11-14-7-9-15(24-2)10-8-14/h3-10,13H,11-12H2,1-2H3,(H,22,23)/p-1/t13-/m0/s1. The van der Waals surface area contributed by atoms with Crippen LogP contribution >= 0.6 is 0 Å². The van der Waals surface area contributed by atoms with Crippen LogP contribution < -0.4 is 9.84 Å². The smallest absolute Gasteiger partial charge is 0.118 e. The average molecular weight is 323 g/mol. The Labute approximate surface area is 140 Å². The van der Waals surface area contributed by atoms with Crippen LogP contribution in [-0.4, -0.2) is 22.6 Å². The molecule has 5 heteroatoms.